The molecule has 0 aliphatic carbocycles. The smallest absolute Gasteiger partial charge is 0.251 e. The second-order valence-electron chi connectivity index (χ2n) is 5.65. The monoisotopic (exact) mass is 316 g/mol. The number of aliphatic hydroxyl groups is 1. The van der Waals surface area contributed by atoms with Gasteiger partial charge >= 0.3 is 0 Å². The summed E-state index contributed by atoms with van der Waals surface area (Å²) in [5.41, 5.74) is 1.64. The van der Waals surface area contributed by atoms with Crippen LogP contribution in [0.1, 0.15) is 42.9 Å². The molecule has 1 atom stereocenters. The maximum absolute atomic E-state index is 12.3. The molecule has 1 aromatic carbocycles. The Hall–Kier alpha value is -2.27. The van der Waals surface area contributed by atoms with Crippen molar-refractivity contribution in [2.75, 3.05) is 18.1 Å². The number of hydrogen-bond acceptors (Lipinski definition) is 4. The molecule has 1 aromatic heterocycles. The highest BCUT2D eigenvalue weighted by Gasteiger charge is 2.17. The van der Waals surface area contributed by atoms with E-state index in [2.05, 4.69) is 31.0 Å². The van der Waals surface area contributed by atoms with Crippen LogP contribution in [0.4, 0.5) is 5.69 Å². The van der Waals surface area contributed by atoms with Crippen molar-refractivity contribution in [2.45, 2.75) is 32.9 Å². The highest BCUT2D eigenvalue weighted by atomic mass is 16.3. The van der Waals surface area contributed by atoms with E-state index >= 15 is 0 Å². The van der Waals surface area contributed by atoms with Crippen LogP contribution in [0.2, 0.25) is 0 Å². The largest absolute Gasteiger partial charge is 0.467 e. The molecular formula is C18H24N2O3. The van der Waals surface area contributed by atoms with Gasteiger partial charge in [0.1, 0.15) is 11.8 Å². The zero-order chi connectivity index (χ0) is 16.8. The van der Waals surface area contributed by atoms with Crippen LogP contribution in [-0.4, -0.2) is 30.2 Å². The minimum absolute atomic E-state index is 0.214. The molecule has 5 nitrogen and oxygen atoms in total. The first kappa shape index (κ1) is 17.1. The summed E-state index contributed by atoms with van der Waals surface area (Å²) < 4.78 is 5.23. The number of nitrogens with one attached hydrogen (secondary N) is 1. The van der Waals surface area contributed by atoms with E-state index in [9.17, 15) is 9.90 Å². The maximum Gasteiger partial charge on any atom is 0.251 e. The summed E-state index contributed by atoms with van der Waals surface area (Å²) in [7, 11) is 0. The van der Waals surface area contributed by atoms with E-state index < -0.39 is 6.04 Å². The van der Waals surface area contributed by atoms with E-state index in [1.54, 1.807) is 24.3 Å². The molecule has 23 heavy (non-hydrogen) atoms. The molecule has 0 saturated heterocycles. The Labute approximate surface area is 136 Å². The van der Waals surface area contributed by atoms with Gasteiger partial charge < -0.3 is 19.7 Å². The zero-order valence-electron chi connectivity index (χ0n) is 13.8. The summed E-state index contributed by atoms with van der Waals surface area (Å²) in [6, 6.07) is 10.8. The normalized spacial score (nSPS) is 12.2. The van der Waals surface area contributed by atoms with Crippen LogP contribution in [-0.2, 0) is 0 Å². The fourth-order valence-electron chi connectivity index (χ4n) is 2.59. The van der Waals surface area contributed by atoms with E-state index in [4.69, 9.17) is 4.42 Å². The predicted molar refractivity (Wildman–Crippen MR) is 90.6 cm³/mol. The minimum atomic E-state index is -0.542. The van der Waals surface area contributed by atoms with Crippen LogP contribution in [0.15, 0.2) is 47.1 Å². The maximum atomic E-state index is 12.3. The molecule has 0 aliphatic rings. The van der Waals surface area contributed by atoms with E-state index in [-0.39, 0.29) is 12.5 Å². The summed E-state index contributed by atoms with van der Waals surface area (Å²) >= 11 is 0. The molecule has 5 heteroatoms. The Morgan fingerprint density at radius 1 is 1.26 bits per heavy atom. The number of furan rings is 1. The number of anilines is 1. The molecule has 0 aliphatic heterocycles. The first-order valence-electron chi connectivity index (χ1n) is 7.88. The number of carbonyl (C=O) groups excluding carboxylic acids is 1. The Kier molecular flexibility index (Phi) is 5.82. The third-order valence-corrected chi connectivity index (χ3v) is 3.80. The number of nitrogens with zero attached hydrogens (tertiary/aromatic N) is 1. The van der Waals surface area contributed by atoms with Crippen molar-refractivity contribution in [1.29, 1.82) is 0 Å². The molecule has 2 aromatic rings. The lowest BCUT2D eigenvalue weighted by molar-refractivity contribution is 0.0907. The van der Waals surface area contributed by atoms with Crippen molar-refractivity contribution in [1.82, 2.24) is 5.32 Å². The van der Waals surface area contributed by atoms with Crippen molar-refractivity contribution in [2.24, 2.45) is 0 Å². The van der Waals surface area contributed by atoms with Gasteiger partial charge in [0.2, 0.25) is 0 Å². The Morgan fingerprint density at radius 3 is 2.43 bits per heavy atom. The van der Waals surface area contributed by atoms with Crippen LogP contribution in [0.25, 0.3) is 0 Å². The van der Waals surface area contributed by atoms with Crippen molar-refractivity contribution in [3.05, 3.63) is 54.0 Å². The zero-order valence-corrected chi connectivity index (χ0v) is 13.8. The average molecular weight is 316 g/mol. The molecule has 1 unspecified atom stereocenters. The van der Waals surface area contributed by atoms with E-state index in [0.29, 0.717) is 17.4 Å². The van der Waals surface area contributed by atoms with Crippen LogP contribution in [0.5, 0.6) is 0 Å². The third kappa shape index (κ3) is 4.13. The molecular weight excluding hydrogens is 292 g/mol. The van der Waals surface area contributed by atoms with E-state index in [1.165, 1.54) is 6.26 Å². The highest BCUT2D eigenvalue weighted by Crippen LogP contribution is 2.19. The second kappa shape index (κ2) is 7.83. The quantitative estimate of drug-likeness (QED) is 0.824. The fourth-order valence-corrected chi connectivity index (χ4v) is 2.59. The van der Waals surface area contributed by atoms with Crippen LogP contribution >= 0.6 is 0 Å². The number of hydrogen-bond donors (Lipinski definition) is 2. The Balaban J connectivity index is 2.08. The van der Waals surface area contributed by atoms with Gasteiger partial charge in [-0.05, 0) is 57.2 Å². The lowest BCUT2D eigenvalue weighted by Crippen LogP contribution is -2.31. The van der Waals surface area contributed by atoms with Gasteiger partial charge in [-0.15, -0.1) is 0 Å². The Bertz CT molecular complexity index is 606. The molecule has 0 saturated carbocycles. The molecule has 0 fully saturated rings. The van der Waals surface area contributed by atoms with Gasteiger partial charge in [-0.1, -0.05) is 0 Å². The summed E-state index contributed by atoms with van der Waals surface area (Å²) in [6.45, 7) is 7.08. The van der Waals surface area contributed by atoms with Crippen molar-refractivity contribution < 1.29 is 14.3 Å². The third-order valence-electron chi connectivity index (χ3n) is 3.80. The van der Waals surface area contributed by atoms with Gasteiger partial charge in [-0.2, -0.15) is 0 Å². The van der Waals surface area contributed by atoms with Gasteiger partial charge in [-0.3, -0.25) is 4.79 Å². The van der Waals surface area contributed by atoms with E-state index in [0.717, 1.165) is 12.2 Å². The van der Waals surface area contributed by atoms with Gasteiger partial charge in [0, 0.05) is 23.8 Å². The molecule has 124 valence electrons. The van der Waals surface area contributed by atoms with Crippen molar-refractivity contribution >= 4 is 11.6 Å². The summed E-state index contributed by atoms with van der Waals surface area (Å²) in [4.78, 5) is 14.6. The second-order valence-corrected chi connectivity index (χ2v) is 5.65. The van der Waals surface area contributed by atoms with Gasteiger partial charge in [0.05, 0.1) is 12.9 Å². The Morgan fingerprint density at radius 2 is 1.96 bits per heavy atom. The van der Waals surface area contributed by atoms with Gasteiger partial charge in [-0.25, -0.2) is 0 Å². The predicted octanol–water partition coefficient (Wildman–Crippen LogP) is 2.98. The first-order valence-corrected chi connectivity index (χ1v) is 7.88. The summed E-state index contributed by atoms with van der Waals surface area (Å²) in [5, 5.41) is 12.2. The topological polar surface area (TPSA) is 65.7 Å². The summed E-state index contributed by atoms with van der Waals surface area (Å²) in [6.07, 6.45) is 1.52. The number of carbonyl (C=O) groups is 1. The molecule has 1 heterocycles. The number of benzene rings is 1. The average Bonchev–Trinajstić information content (AvgIpc) is 3.07. The SMILES string of the molecule is CCN(c1ccc(C(=O)NC(CO)c2ccco2)cc1)C(C)C. The van der Waals surface area contributed by atoms with Crippen molar-refractivity contribution in [3.8, 4) is 0 Å². The first-order chi connectivity index (χ1) is 11.1. The number of aliphatic hydroxyl groups excluding tert-OH is 1. The standard InChI is InChI=1S/C18H24N2O3/c1-4-20(13(2)3)15-9-7-14(8-10-15)18(22)19-16(12-21)17-6-5-11-23-17/h5-11,13,16,21H,4,12H2,1-3H3,(H,19,22). The van der Waals surface area contributed by atoms with Crippen LogP contribution in [0.3, 0.4) is 0 Å². The van der Waals surface area contributed by atoms with E-state index in [1.807, 2.05) is 12.1 Å². The molecule has 2 N–H and O–H groups in total. The molecule has 0 spiro atoms. The van der Waals surface area contributed by atoms with Gasteiger partial charge in [0.15, 0.2) is 0 Å². The minimum Gasteiger partial charge on any atom is -0.467 e. The van der Waals surface area contributed by atoms with Gasteiger partial charge in [0.25, 0.3) is 5.91 Å². The van der Waals surface area contributed by atoms with Crippen molar-refractivity contribution in [3.63, 3.8) is 0 Å². The lowest BCUT2D eigenvalue weighted by Gasteiger charge is -2.27. The molecule has 0 radical (unpaired) electrons. The summed E-state index contributed by atoms with van der Waals surface area (Å²) in [5.74, 6) is 0.300. The van der Waals surface area contributed by atoms with Crippen LogP contribution in [0, 0.1) is 0 Å². The molecule has 1 amide bonds. The fraction of sp³-hybridized carbons (Fsp3) is 0.389. The lowest BCUT2D eigenvalue weighted by atomic mass is 10.1. The number of rotatable bonds is 7. The van der Waals surface area contributed by atoms with Crippen LogP contribution < -0.4 is 10.2 Å². The highest BCUT2D eigenvalue weighted by molar-refractivity contribution is 5.94. The molecule has 2 rings (SSSR count). The number of amides is 1. The molecule has 0 bridgehead atoms.